The van der Waals surface area contributed by atoms with E-state index in [-0.39, 0.29) is 12.0 Å². The minimum absolute atomic E-state index is 0.151. The molecule has 0 radical (unpaired) electrons. The number of nitrogens with zero attached hydrogens (tertiary/aromatic N) is 2. The van der Waals surface area contributed by atoms with Crippen molar-refractivity contribution in [3.63, 3.8) is 0 Å². The molecule has 7 N–H and O–H groups in total. The van der Waals surface area contributed by atoms with Crippen molar-refractivity contribution < 1.29 is 29.1 Å². The van der Waals surface area contributed by atoms with E-state index >= 15 is 0 Å². The van der Waals surface area contributed by atoms with Crippen LogP contribution in [0, 0.1) is 28.6 Å². The van der Waals surface area contributed by atoms with Crippen LogP contribution in [0.15, 0.2) is 36.4 Å². The maximum atomic E-state index is 14.4. The number of ketones is 4. The number of phenolic OH excluding ortho intramolecular Hbond substituents is 1. The Morgan fingerprint density at radius 3 is 2.29 bits per heavy atom. The molecule has 2 aromatic carbocycles. The number of halogens is 1. The number of rotatable bonds is 4. The minimum Gasteiger partial charge on any atom is -0.507 e. The lowest BCUT2D eigenvalue weighted by Crippen LogP contribution is -2.85. The van der Waals surface area contributed by atoms with E-state index in [0.717, 1.165) is 5.56 Å². The summed E-state index contributed by atoms with van der Waals surface area (Å²) in [4.78, 5) is 69.3. The van der Waals surface area contributed by atoms with Gasteiger partial charge < -0.3 is 22.3 Å². The molecule has 216 valence electrons. The summed E-state index contributed by atoms with van der Waals surface area (Å²) in [5, 5.41) is 21.8. The lowest BCUT2D eigenvalue weighted by Gasteiger charge is -2.60. The highest BCUT2D eigenvalue weighted by Crippen LogP contribution is 2.56. The van der Waals surface area contributed by atoms with Gasteiger partial charge in [-0.15, -0.1) is 0 Å². The Balaban J connectivity index is 1.70. The van der Waals surface area contributed by atoms with Crippen molar-refractivity contribution >= 4 is 52.8 Å². The molecular formula is C30H28ClN5O6. The average Bonchev–Trinajstić information content (AvgIpc) is 2.88. The number of likely N-dealkylation sites (N-methyl/N-ethyl adjacent to an activating group) is 1. The van der Waals surface area contributed by atoms with Gasteiger partial charge in [0.2, 0.25) is 5.91 Å². The Morgan fingerprint density at radius 1 is 1.07 bits per heavy atom. The van der Waals surface area contributed by atoms with Crippen LogP contribution < -0.4 is 17.2 Å². The molecule has 12 heteroatoms. The molecule has 6 atom stereocenters. The molecular weight excluding hydrogens is 562 g/mol. The normalized spacial score (nSPS) is 32.4. The van der Waals surface area contributed by atoms with E-state index in [0.29, 0.717) is 16.1 Å². The van der Waals surface area contributed by atoms with Gasteiger partial charge in [-0.2, -0.15) is 5.26 Å². The Labute approximate surface area is 245 Å². The van der Waals surface area contributed by atoms with Crippen LogP contribution in [0.1, 0.15) is 33.5 Å². The van der Waals surface area contributed by atoms with Crippen LogP contribution in [-0.2, 0) is 25.6 Å². The summed E-state index contributed by atoms with van der Waals surface area (Å²) in [5.74, 6) is -10.0. The Bertz CT molecular complexity index is 1660. The first-order valence-corrected chi connectivity index (χ1v) is 13.4. The second kappa shape index (κ2) is 9.68. The van der Waals surface area contributed by atoms with E-state index in [1.54, 1.807) is 48.6 Å². The van der Waals surface area contributed by atoms with E-state index < -0.39 is 75.6 Å². The van der Waals surface area contributed by atoms with Crippen molar-refractivity contribution in [2.45, 2.75) is 30.0 Å². The van der Waals surface area contributed by atoms with Gasteiger partial charge in [0, 0.05) is 10.6 Å². The van der Waals surface area contributed by atoms with Gasteiger partial charge in [0.05, 0.1) is 23.2 Å². The molecule has 0 bridgehead atoms. The van der Waals surface area contributed by atoms with Crippen LogP contribution in [0.5, 0.6) is 5.75 Å². The van der Waals surface area contributed by atoms with Crippen molar-refractivity contribution in [3.05, 3.63) is 63.7 Å². The number of nitrogens with two attached hydrogens (primary N) is 3. The maximum Gasteiger partial charge on any atom is 0.235 e. The van der Waals surface area contributed by atoms with Crippen LogP contribution in [0.3, 0.4) is 0 Å². The number of hydrogen-bond acceptors (Lipinski definition) is 10. The molecule has 3 aliphatic rings. The summed E-state index contributed by atoms with van der Waals surface area (Å²) in [6.07, 6.45) is 2.86. The summed E-state index contributed by atoms with van der Waals surface area (Å²) in [6.45, 7) is 0. The van der Waals surface area contributed by atoms with Crippen molar-refractivity contribution in [3.8, 4) is 11.8 Å². The standard InChI is InChI=1S/C30H28ClN5O6/c1-36(2)24-23(39)20(27(33)42)25(40)29(13-32)26(41)21-22(38)19-17(11-28(21,34)12-30(24,29)35)15(7-10-18(19)37)6-3-14-4-8-16(31)9-5-14/h3-10,20-21,24,37H,11-12,34-35H2,1-2H3,(H2,33,42)/b6-3+/t20?,21?,24-,28-,29+,30-/m1/s1. The first-order valence-electron chi connectivity index (χ1n) is 13.0. The van der Waals surface area contributed by atoms with Gasteiger partial charge in [0.1, 0.15) is 11.7 Å². The largest absolute Gasteiger partial charge is 0.507 e. The molecule has 1 amide bonds. The lowest BCUT2D eigenvalue weighted by molar-refractivity contribution is -0.166. The van der Waals surface area contributed by atoms with Gasteiger partial charge in [0.15, 0.2) is 34.5 Å². The van der Waals surface area contributed by atoms with Gasteiger partial charge in [-0.3, -0.25) is 28.9 Å². The summed E-state index contributed by atoms with van der Waals surface area (Å²) in [7, 11) is 2.90. The monoisotopic (exact) mass is 589 g/mol. The van der Waals surface area contributed by atoms with Gasteiger partial charge in [-0.25, -0.2) is 0 Å². The molecule has 2 saturated carbocycles. The molecule has 3 aliphatic carbocycles. The zero-order valence-electron chi connectivity index (χ0n) is 22.8. The second-order valence-electron chi connectivity index (χ2n) is 11.5. The third-order valence-corrected chi connectivity index (χ3v) is 9.09. The number of benzene rings is 2. The summed E-state index contributed by atoms with van der Waals surface area (Å²) in [6, 6.07) is 10.1. The van der Waals surface area contributed by atoms with Crippen molar-refractivity contribution in [2.75, 3.05) is 14.1 Å². The molecule has 2 fully saturated rings. The van der Waals surface area contributed by atoms with Crippen molar-refractivity contribution in [1.29, 1.82) is 5.26 Å². The number of nitriles is 1. The van der Waals surface area contributed by atoms with E-state index in [9.17, 15) is 34.3 Å². The molecule has 11 nitrogen and oxygen atoms in total. The van der Waals surface area contributed by atoms with Crippen LogP contribution in [0.4, 0.5) is 0 Å². The molecule has 2 aromatic rings. The summed E-state index contributed by atoms with van der Waals surface area (Å²) >= 11 is 5.97. The number of fused-ring (bicyclic) bond motifs is 3. The Hall–Kier alpha value is -4.21. The summed E-state index contributed by atoms with van der Waals surface area (Å²) < 4.78 is 0. The number of amides is 1. The predicted molar refractivity (Wildman–Crippen MR) is 152 cm³/mol. The number of carbonyl (C=O) groups excluding carboxylic acids is 5. The molecule has 0 aromatic heterocycles. The molecule has 42 heavy (non-hydrogen) atoms. The van der Waals surface area contributed by atoms with E-state index in [4.69, 9.17) is 28.8 Å². The van der Waals surface area contributed by atoms with Gasteiger partial charge >= 0.3 is 0 Å². The number of hydrogen-bond donors (Lipinski definition) is 4. The smallest absolute Gasteiger partial charge is 0.235 e. The number of Topliss-reactive ketones (excluding diaryl/α,β-unsaturated/α-hetero) is 4. The van der Waals surface area contributed by atoms with Crippen LogP contribution in [-0.4, -0.2) is 70.3 Å². The predicted octanol–water partition coefficient (Wildman–Crippen LogP) is 0.632. The molecule has 0 saturated heterocycles. The molecule has 0 spiro atoms. The number of aromatic hydroxyl groups is 1. The second-order valence-corrected chi connectivity index (χ2v) is 12.0. The number of carbonyl (C=O) groups is 5. The summed E-state index contributed by atoms with van der Waals surface area (Å²) in [5.41, 5.74) is 13.9. The first-order chi connectivity index (χ1) is 19.6. The van der Waals surface area contributed by atoms with Crippen LogP contribution >= 0.6 is 11.6 Å². The van der Waals surface area contributed by atoms with Crippen molar-refractivity contribution in [1.82, 2.24) is 4.90 Å². The Kier molecular flexibility index (Phi) is 6.75. The molecule has 0 heterocycles. The van der Waals surface area contributed by atoms with E-state index in [1.165, 1.54) is 25.1 Å². The first kappa shape index (κ1) is 29.3. The fourth-order valence-electron chi connectivity index (χ4n) is 7.15. The number of phenols is 1. The minimum atomic E-state index is -2.78. The highest BCUT2D eigenvalue weighted by molar-refractivity contribution is 6.33. The van der Waals surface area contributed by atoms with E-state index in [2.05, 4.69) is 0 Å². The van der Waals surface area contributed by atoms with Gasteiger partial charge in [-0.1, -0.05) is 42.0 Å². The number of primary amides is 1. The average molecular weight is 590 g/mol. The third kappa shape index (κ3) is 3.80. The fraction of sp³-hybridized carbons (Fsp3) is 0.333. The topological polar surface area (TPSA) is 211 Å². The highest BCUT2D eigenvalue weighted by Gasteiger charge is 2.78. The zero-order chi connectivity index (χ0) is 30.9. The van der Waals surface area contributed by atoms with Gasteiger partial charge in [0.25, 0.3) is 0 Å². The van der Waals surface area contributed by atoms with E-state index in [1.807, 2.05) is 0 Å². The molecule has 0 aliphatic heterocycles. The molecule has 5 rings (SSSR count). The van der Waals surface area contributed by atoms with Crippen molar-refractivity contribution in [2.24, 2.45) is 34.5 Å². The van der Waals surface area contributed by atoms with Crippen LogP contribution in [0.25, 0.3) is 12.2 Å². The quantitative estimate of drug-likeness (QED) is 0.288. The van der Waals surface area contributed by atoms with Gasteiger partial charge in [-0.05, 0) is 61.8 Å². The Morgan fingerprint density at radius 2 is 1.71 bits per heavy atom. The maximum absolute atomic E-state index is 14.4. The molecule has 2 unspecified atom stereocenters. The third-order valence-electron chi connectivity index (χ3n) is 8.84. The SMILES string of the molecule is CN(C)[C@@H]1C(=O)C(C(N)=O)C(=O)[C@@]2(C#N)C(=O)C3C(=O)c4c(O)ccc(/C=C/c5ccc(Cl)cc5)c4C[C@@]3(N)C[C@@]12N. The lowest BCUT2D eigenvalue weighted by atomic mass is 9.42. The highest BCUT2D eigenvalue weighted by atomic mass is 35.5. The van der Waals surface area contributed by atoms with Crippen LogP contribution in [0.2, 0.25) is 5.02 Å². The fourth-order valence-corrected chi connectivity index (χ4v) is 7.27. The zero-order valence-corrected chi connectivity index (χ0v) is 23.5.